The molecule has 98 valence electrons. The van der Waals surface area contributed by atoms with E-state index in [1.165, 1.54) is 44.9 Å². The third kappa shape index (κ3) is 3.44. The number of nitrogens with one attached hydrogen (secondary N) is 2. The highest BCUT2D eigenvalue weighted by Crippen LogP contribution is 2.26. The van der Waals surface area contributed by atoms with E-state index in [0.29, 0.717) is 12.0 Å². The van der Waals surface area contributed by atoms with E-state index in [1.54, 1.807) is 0 Å². The molecule has 0 aromatic carbocycles. The van der Waals surface area contributed by atoms with E-state index >= 15 is 0 Å². The Kier molecular flexibility index (Phi) is 4.84. The zero-order valence-electron chi connectivity index (χ0n) is 11.0. The van der Waals surface area contributed by atoms with Gasteiger partial charge in [0.05, 0.1) is 6.04 Å². The van der Waals surface area contributed by atoms with E-state index in [1.807, 2.05) is 0 Å². The molecule has 2 rings (SSSR count). The highest BCUT2D eigenvalue weighted by molar-refractivity contribution is 5.82. The molecule has 1 saturated heterocycles. The van der Waals surface area contributed by atoms with Gasteiger partial charge in [0.1, 0.15) is 0 Å². The van der Waals surface area contributed by atoms with Crippen molar-refractivity contribution in [2.24, 2.45) is 5.92 Å². The molecule has 0 bridgehead atoms. The lowest BCUT2D eigenvalue weighted by Crippen LogP contribution is -2.51. The fourth-order valence-electron chi connectivity index (χ4n) is 3.25. The molecule has 17 heavy (non-hydrogen) atoms. The van der Waals surface area contributed by atoms with Crippen LogP contribution in [-0.2, 0) is 4.79 Å². The molecule has 2 N–H and O–H groups in total. The largest absolute Gasteiger partial charge is 0.352 e. The minimum Gasteiger partial charge on any atom is -0.352 e. The Hall–Kier alpha value is -0.570. The second-order valence-corrected chi connectivity index (χ2v) is 5.57. The van der Waals surface area contributed by atoms with Crippen LogP contribution in [0.15, 0.2) is 0 Å². The van der Waals surface area contributed by atoms with Crippen molar-refractivity contribution < 1.29 is 4.79 Å². The predicted molar refractivity (Wildman–Crippen MR) is 69.8 cm³/mol. The molecule has 3 atom stereocenters. The average molecular weight is 238 g/mol. The second-order valence-electron chi connectivity index (χ2n) is 5.57. The van der Waals surface area contributed by atoms with Gasteiger partial charge in [-0.2, -0.15) is 0 Å². The molecule has 2 unspecified atom stereocenters. The zero-order chi connectivity index (χ0) is 12.1. The van der Waals surface area contributed by atoms with Gasteiger partial charge in [-0.05, 0) is 38.1 Å². The quantitative estimate of drug-likeness (QED) is 0.791. The van der Waals surface area contributed by atoms with Gasteiger partial charge in [0.2, 0.25) is 5.91 Å². The van der Waals surface area contributed by atoms with Crippen molar-refractivity contribution in [3.05, 3.63) is 0 Å². The molecular formula is C14H26N2O. The molecule has 3 nitrogen and oxygen atoms in total. The summed E-state index contributed by atoms with van der Waals surface area (Å²) < 4.78 is 0. The van der Waals surface area contributed by atoms with Crippen molar-refractivity contribution in [2.75, 3.05) is 6.54 Å². The lowest BCUT2D eigenvalue weighted by molar-refractivity contribution is -0.125. The maximum absolute atomic E-state index is 12.2. The third-order valence-electron chi connectivity index (χ3n) is 4.39. The van der Waals surface area contributed by atoms with Crippen LogP contribution in [0.2, 0.25) is 0 Å². The fraction of sp³-hybridized carbons (Fsp3) is 0.929. The second kappa shape index (κ2) is 6.39. The first-order valence-corrected chi connectivity index (χ1v) is 7.35. The number of piperidine rings is 1. The Balaban J connectivity index is 1.83. The molecule has 1 aliphatic heterocycles. The summed E-state index contributed by atoms with van der Waals surface area (Å²) in [5.74, 6) is 0.950. The average Bonchev–Trinajstić information content (AvgIpc) is 2.40. The van der Waals surface area contributed by atoms with Gasteiger partial charge in [0.25, 0.3) is 0 Å². The molecule has 0 aromatic rings. The van der Waals surface area contributed by atoms with Gasteiger partial charge >= 0.3 is 0 Å². The monoisotopic (exact) mass is 238 g/mol. The van der Waals surface area contributed by atoms with E-state index in [9.17, 15) is 4.79 Å². The Morgan fingerprint density at radius 1 is 1.18 bits per heavy atom. The molecule has 0 aromatic heterocycles. The van der Waals surface area contributed by atoms with Gasteiger partial charge < -0.3 is 10.6 Å². The van der Waals surface area contributed by atoms with Crippen LogP contribution in [0.3, 0.4) is 0 Å². The van der Waals surface area contributed by atoms with Crippen LogP contribution in [0.1, 0.15) is 58.3 Å². The number of amides is 1. The minimum absolute atomic E-state index is 0.0724. The maximum atomic E-state index is 12.2. The minimum atomic E-state index is 0.0724. The molecular weight excluding hydrogens is 212 g/mol. The molecule has 2 fully saturated rings. The van der Waals surface area contributed by atoms with E-state index in [2.05, 4.69) is 17.6 Å². The van der Waals surface area contributed by atoms with Gasteiger partial charge in [0.15, 0.2) is 0 Å². The Bertz CT molecular complexity index is 249. The Morgan fingerprint density at radius 2 is 1.94 bits per heavy atom. The molecule has 1 heterocycles. The molecule has 1 aliphatic carbocycles. The van der Waals surface area contributed by atoms with Crippen LogP contribution in [0.5, 0.6) is 0 Å². The van der Waals surface area contributed by atoms with E-state index in [4.69, 9.17) is 0 Å². The van der Waals surface area contributed by atoms with Crippen molar-refractivity contribution >= 4 is 5.91 Å². The van der Waals surface area contributed by atoms with Crippen molar-refractivity contribution in [1.82, 2.24) is 10.6 Å². The first-order valence-electron chi connectivity index (χ1n) is 7.35. The summed E-state index contributed by atoms with van der Waals surface area (Å²) in [5, 5.41) is 6.62. The lowest BCUT2D eigenvalue weighted by atomic mass is 9.82. The summed E-state index contributed by atoms with van der Waals surface area (Å²) >= 11 is 0. The smallest absolute Gasteiger partial charge is 0.237 e. The van der Waals surface area contributed by atoms with E-state index < -0.39 is 0 Å². The molecule has 1 amide bonds. The third-order valence-corrected chi connectivity index (χ3v) is 4.39. The predicted octanol–water partition coefficient (Wildman–Crippen LogP) is 2.21. The van der Waals surface area contributed by atoms with Crippen LogP contribution < -0.4 is 10.6 Å². The summed E-state index contributed by atoms with van der Waals surface area (Å²) in [5.41, 5.74) is 0. The van der Waals surface area contributed by atoms with Crippen molar-refractivity contribution in [3.63, 3.8) is 0 Å². The molecule has 2 aliphatic rings. The summed E-state index contributed by atoms with van der Waals surface area (Å²) in [6.07, 6.45) is 9.69. The number of carbonyl (C=O) groups excluding carboxylic acids is 1. The van der Waals surface area contributed by atoms with Gasteiger partial charge in [0, 0.05) is 6.04 Å². The van der Waals surface area contributed by atoms with Gasteiger partial charge in [-0.1, -0.05) is 32.6 Å². The first-order chi connectivity index (χ1) is 8.31. The summed E-state index contributed by atoms with van der Waals surface area (Å²) in [7, 11) is 0. The standard InChI is InChI=1S/C14H26N2O/c1-2-11-7-3-4-8-12(11)16-14(17)13-9-5-6-10-15-13/h11-13,15H,2-10H2,1H3,(H,16,17)/t11?,12?,13-/m1/s1. The number of carbonyl (C=O) groups is 1. The van der Waals surface area contributed by atoms with E-state index in [-0.39, 0.29) is 11.9 Å². The molecule has 0 spiro atoms. The molecule has 0 radical (unpaired) electrons. The molecule has 3 heteroatoms. The van der Waals surface area contributed by atoms with Crippen molar-refractivity contribution in [1.29, 1.82) is 0 Å². The highest BCUT2D eigenvalue weighted by Gasteiger charge is 2.28. The summed E-state index contributed by atoms with van der Waals surface area (Å²) in [6, 6.07) is 0.508. The SMILES string of the molecule is CCC1CCCCC1NC(=O)[C@H]1CCCCN1. The number of rotatable bonds is 3. The highest BCUT2D eigenvalue weighted by atomic mass is 16.2. The normalized spacial score (nSPS) is 34.3. The number of hydrogen-bond acceptors (Lipinski definition) is 2. The van der Waals surface area contributed by atoms with Crippen LogP contribution >= 0.6 is 0 Å². The van der Waals surface area contributed by atoms with Gasteiger partial charge in [-0.15, -0.1) is 0 Å². The van der Waals surface area contributed by atoms with Crippen molar-refractivity contribution in [2.45, 2.75) is 70.4 Å². The van der Waals surface area contributed by atoms with Gasteiger partial charge in [-0.3, -0.25) is 4.79 Å². The van der Waals surface area contributed by atoms with Crippen LogP contribution in [0, 0.1) is 5.92 Å². The van der Waals surface area contributed by atoms with Crippen LogP contribution in [0.25, 0.3) is 0 Å². The van der Waals surface area contributed by atoms with Crippen LogP contribution in [-0.4, -0.2) is 24.5 Å². The zero-order valence-corrected chi connectivity index (χ0v) is 11.0. The summed E-state index contributed by atoms with van der Waals surface area (Å²) in [6.45, 7) is 3.24. The Morgan fingerprint density at radius 3 is 2.65 bits per heavy atom. The fourth-order valence-corrected chi connectivity index (χ4v) is 3.25. The van der Waals surface area contributed by atoms with Crippen molar-refractivity contribution in [3.8, 4) is 0 Å². The van der Waals surface area contributed by atoms with Crippen LogP contribution in [0.4, 0.5) is 0 Å². The first kappa shape index (κ1) is 12.9. The maximum Gasteiger partial charge on any atom is 0.237 e. The van der Waals surface area contributed by atoms with Gasteiger partial charge in [-0.25, -0.2) is 0 Å². The van der Waals surface area contributed by atoms with E-state index in [0.717, 1.165) is 13.0 Å². The topological polar surface area (TPSA) is 41.1 Å². The Labute approximate surface area is 105 Å². The molecule has 1 saturated carbocycles. The lowest BCUT2D eigenvalue weighted by Gasteiger charge is -2.33. The number of hydrogen-bond donors (Lipinski definition) is 2. The summed E-state index contributed by atoms with van der Waals surface area (Å²) in [4.78, 5) is 12.2.